The van der Waals surface area contributed by atoms with Crippen molar-refractivity contribution >= 4 is 11.9 Å². The molecule has 0 N–H and O–H groups in total. The molecule has 368 valence electrons. The predicted octanol–water partition coefficient (Wildman–Crippen LogP) is 18.5. The molecule has 0 fully saturated rings. The fraction of sp³-hybridized carbons (Fsp3) is 0.729. The van der Waals surface area contributed by atoms with Crippen LogP contribution in [-0.4, -0.2) is 37.9 Å². The van der Waals surface area contributed by atoms with Crippen molar-refractivity contribution in [1.29, 1.82) is 0 Å². The van der Waals surface area contributed by atoms with E-state index in [4.69, 9.17) is 14.2 Å². The second-order valence-corrected chi connectivity index (χ2v) is 17.8. The third kappa shape index (κ3) is 51.7. The summed E-state index contributed by atoms with van der Waals surface area (Å²) < 4.78 is 17.3. The van der Waals surface area contributed by atoms with Crippen molar-refractivity contribution in [2.24, 2.45) is 0 Å². The van der Waals surface area contributed by atoms with Crippen molar-refractivity contribution in [2.45, 2.75) is 258 Å². The highest BCUT2D eigenvalue weighted by Crippen LogP contribution is 2.15. The molecule has 0 rings (SSSR count). The Bertz CT molecular complexity index is 1190. The summed E-state index contributed by atoms with van der Waals surface area (Å²) in [5, 5.41) is 0. The lowest BCUT2D eigenvalue weighted by atomic mass is 10.0. The molecule has 0 saturated heterocycles. The molecule has 0 aliphatic heterocycles. The van der Waals surface area contributed by atoms with E-state index in [0.717, 1.165) is 77.0 Å². The fourth-order valence-electron chi connectivity index (χ4n) is 7.44. The van der Waals surface area contributed by atoms with Crippen molar-refractivity contribution in [3.05, 3.63) is 85.1 Å². The second-order valence-electron chi connectivity index (χ2n) is 17.8. The summed E-state index contributed by atoms with van der Waals surface area (Å²) in [6.45, 7) is 7.59. The Labute approximate surface area is 397 Å². The number of esters is 2. The van der Waals surface area contributed by atoms with Gasteiger partial charge in [0.2, 0.25) is 0 Å². The van der Waals surface area contributed by atoms with Crippen LogP contribution in [0, 0.1) is 0 Å². The van der Waals surface area contributed by atoms with Gasteiger partial charge in [0.1, 0.15) is 6.61 Å². The van der Waals surface area contributed by atoms with Gasteiger partial charge in [-0.3, -0.25) is 9.59 Å². The fourth-order valence-corrected chi connectivity index (χ4v) is 7.44. The smallest absolute Gasteiger partial charge is 0.309 e. The normalized spacial score (nSPS) is 12.9. The van der Waals surface area contributed by atoms with Gasteiger partial charge in [-0.25, -0.2) is 0 Å². The van der Waals surface area contributed by atoms with E-state index in [-0.39, 0.29) is 31.6 Å². The molecule has 1 unspecified atom stereocenters. The van der Waals surface area contributed by atoms with Gasteiger partial charge in [-0.05, 0) is 77.0 Å². The first-order chi connectivity index (χ1) is 31.6. The van der Waals surface area contributed by atoms with Gasteiger partial charge in [-0.2, -0.15) is 0 Å². The Morgan fingerprint density at radius 2 is 0.750 bits per heavy atom. The van der Waals surface area contributed by atoms with Crippen LogP contribution in [0.3, 0.4) is 0 Å². The Balaban J connectivity index is 4.38. The van der Waals surface area contributed by atoms with E-state index >= 15 is 0 Å². The number of ether oxygens (including phenoxy) is 3. The van der Waals surface area contributed by atoms with E-state index in [0.29, 0.717) is 13.0 Å². The molecule has 0 bridgehead atoms. The minimum absolute atomic E-state index is 0.0244. The van der Waals surface area contributed by atoms with Crippen molar-refractivity contribution < 1.29 is 23.8 Å². The average Bonchev–Trinajstić information content (AvgIpc) is 3.30. The van der Waals surface area contributed by atoms with Crippen LogP contribution in [-0.2, 0) is 23.8 Å². The van der Waals surface area contributed by atoms with Crippen LogP contribution in [0.15, 0.2) is 85.1 Å². The van der Waals surface area contributed by atoms with Crippen LogP contribution in [0.25, 0.3) is 0 Å². The molecule has 5 nitrogen and oxygen atoms in total. The van der Waals surface area contributed by atoms with Crippen LogP contribution in [0.1, 0.15) is 252 Å². The van der Waals surface area contributed by atoms with Crippen LogP contribution in [0.4, 0.5) is 0 Å². The summed E-state index contributed by atoms with van der Waals surface area (Å²) in [5.74, 6) is -0.555. The van der Waals surface area contributed by atoms with Crippen molar-refractivity contribution in [2.75, 3.05) is 19.8 Å². The van der Waals surface area contributed by atoms with Gasteiger partial charge in [-0.15, -0.1) is 0 Å². The molecule has 0 spiro atoms. The summed E-state index contributed by atoms with van der Waals surface area (Å²) in [6.07, 6.45) is 71.9. The Morgan fingerprint density at radius 3 is 1.23 bits per heavy atom. The van der Waals surface area contributed by atoms with E-state index in [9.17, 15) is 9.59 Å². The molecule has 0 aliphatic carbocycles. The summed E-state index contributed by atoms with van der Waals surface area (Å²) in [6, 6.07) is 0. The van der Waals surface area contributed by atoms with E-state index in [2.05, 4.69) is 93.7 Å². The molecule has 0 aliphatic rings. The number of hydrogen-bond acceptors (Lipinski definition) is 5. The van der Waals surface area contributed by atoms with E-state index < -0.39 is 6.10 Å². The highest BCUT2D eigenvalue weighted by molar-refractivity contribution is 5.71. The number of carbonyl (C=O) groups excluding carboxylic acids is 2. The molecule has 64 heavy (non-hydrogen) atoms. The molecular weight excluding hydrogens is 789 g/mol. The van der Waals surface area contributed by atoms with E-state index in [1.54, 1.807) is 0 Å². The summed E-state index contributed by atoms with van der Waals surface area (Å²) in [7, 11) is 0. The highest BCUT2D eigenvalue weighted by atomic mass is 16.6. The van der Waals surface area contributed by atoms with Gasteiger partial charge >= 0.3 is 11.9 Å². The van der Waals surface area contributed by atoms with E-state index in [1.807, 2.05) is 12.2 Å². The molecule has 0 heterocycles. The zero-order valence-corrected chi connectivity index (χ0v) is 42.3. The minimum Gasteiger partial charge on any atom is -0.461 e. The van der Waals surface area contributed by atoms with Gasteiger partial charge in [0, 0.05) is 13.0 Å². The zero-order chi connectivity index (χ0) is 46.3. The lowest BCUT2D eigenvalue weighted by molar-refractivity contribution is -0.162. The second kappa shape index (κ2) is 54.4. The first kappa shape index (κ1) is 61.1. The topological polar surface area (TPSA) is 61.8 Å². The van der Waals surface area contributed by atoms with Gasteiger partial charge in [-0.1, -0.05) is 247 Å². The van der Waals surface area contributed by atoms with Gasteiger partial charge in [0.05, 0.1) is 13.0 Å². The lowest BCUT2D eigenvalue weighted by Gasteiger charge is -2.18. The Hall–Kier alpha value is -2.92. The van der Waals surface area contributed by atoms with Crippen molar-refractivity contribution in [3.63, 3.8) is 0 Å². The SMILES string of the molecule is CC/C=C\C/C=C\C/C=C\C/C=C\C/C=C\CC(=O)OCC(COCCCCCCCCCCCCCCCCCCCC)OC(=O)CCCCCCC/C=C\C/C=C\CCCCC. The van der Waals surface area contributed by atoms with Gasteiger partial charge < -0.3 is 14.2 Å². The van der Waals surface area contributed by atoms with E-state index in [1.165, 1.54) is 141 Å². The third-order valence-corrected chi connectivity index (χ3v) is 11.4. The zero-order valence-electron chi connectivity index (χ0n) is 42.3. The molecule has 1 atom stereocenters. The summed E-state index contributed by atoms with van der Waals surface area (Å²) >= 11 is 0. The maximum absolute atomic E-state index is 12.8. The third-order valence-electron chi connectivity index (χ3n) is 11.4. The number of allylic oxidation sites excluding steroid dienone is 13. The van der Waals surface area contributed by atoms with Crippen molar-refractivity contribution in [1.82, 2.24) is 0 Å². The Morgan fingerprint density at radius 1 is 0.375 bits per heavy atom. The number of unbranched alkanes of at least 4 members (excludes halogenated alkanes) is 25. The van der Waals surface area contributed by atoms with Gasteiger partial charge in [0.15, 0.2) is 6.10 Å². The molecule has 0 aromatic rings. The number of carbonyl (C=O) groups is 2. The molecule has 0 saturated carbocycles. The first-order valence-electron chi connectivity index (χ1n) is 27.1. The quantitative estimate of drug-likeness (QED) is 0.0346. The first-order valence-corrected chi connectivity index (χ1v) is 27.1. The van der Waals surface area contributed by atoms with Crippen LogP contribution in [0.2, 0.25) is 0 Å². The minimum atomic E-state index is -0.585. The summed E-state index contributed by atoms with van der Waals surface area (Å²) in [5.41, 5.74) is 0. The highest BCUT2D eigenvalue weighted by Gasteiger charge is 2.17. The Kier molecular flexibility index (Phi) is 51.9. The monoisotopic (exact) mass is 891 g/mol. The van der Waals surface area contributed by atoms with Crippen LogP contribution in [0.5, 0.6) is 0 Å². The maximum atomic E-state index is 12.8. The maximum Gasteiger partial charge on any atom is 0.309 e. The molecule has 0 amide bonds. The average molecular weight is 891 g/mol. The predicted molar refractivity (Wildman–Crippen MR) is 279 cm³/mol. The molecule has 0 aromatic carbocycles. The van der Waals surface area contributed by atoms with Crippen molar-refractivity contribution in [3.8, 4) is 0 Å². The largest absolute Gasteiger partial charge is 0.461 e. The number of rotatable bonds is 49. The van der Waals surface area contributed by atoms with Crippen LogP contribution < -0.4 is 0 Å². The van der Waals surface area contributed by atoms with Gasteiger partial charge in [0.25, 0.3) is 0 Å². The summed E-state index contributed by atoms with van der Waals surface area (Å²) in [4.78, 5) is 25.4. The molecule has 0 aromatic heterocycles. The molecular formula is C59H102O5. The number of hydrogen-bond donors (Lipinski definition) is 0. The van der Waals surface area contributed by atoms with Crippen LogP contribution >= 0.6 is 0 Å². The molecule has 5 heteroatoms. The molecule has 0 radical (unpaired) electrons. The lowest BCUT2D eigenvalue weighted by Crippen LogP contribution is -2.30. The standard InChI is InChI=1S/C59H102O5/c1-4-7-10-13-16-19-22-25-28-29-30-33-36-39-42-45-48-51-54-62-55-57(64-59(61)53-50-47-44-41-38-35-32-27-24-21-18-15-12-9-6-3)56-63-58(60)52-49-46-43-40-37-34-31-26-23-20-17-14-11-8-5-2/h8,11,17-18,20-21,26-27,31-32,37,40,46,49,57H,4-7,9-10,12-16,19,22-25,28-30,33-36,38-39,41-45,47-48,50-56H2,1-3H3/b11-8-,20-17-,21-18-,31-26-,32-27-,40-37-,49-46-.